The molecule has 4 fully saturated rings. The van der Waals surface area contributed by atoms with Crippen molar-refractivity contribution in [2.24, 2.45) is 17.1 Å². The van der Waals surface area contributed by atoms with Crippen molar-refractivity contribution in [3.05, 3.63) is 0 Å². The molecule has 3 aliphatic heterocycles. The van der Waals surface area contributed by atoms with Gasteiger partial charge in [0.15, 0.2) is 0 Å². The first-order valence-electron chi connectivity index (χ1n) is 9.54. The smallest absolute Gasteiger partial charge is 0.378 e. The van der Waals surface area contributed by atoms with E-state index >= 15 is 0 Å². The first-order valence-corrected chi connectivity index (χ1v) is 9.54. The number of piperidine rings is 1. The Labute approximate surface area is 152 Å². The summed E-state index contributed by atoms with van der Waals surface area (Å²) >= 11 is 0. The van der Waals surface area contributed by atoms with Crippen LogP contribution in [0, 0.1) is 11.3 Å². The number of fused-ring (bicyclic) bond motifs is 3. The normalized spacial score (nSPS) is 32.5. The summed E-state index contributed by atoms with van der Waals surface area (Å²) in [5, 5.41) is 0. The van der Waals surface area contributed by atoms with Crippen LogP contribution in [-0.4, -0.2) is 61.5 Å². The van der Waals surface area contributed by atoms with Crippen LogP contribution in [-0.2, 0) is 14.3 Å². The van der Waals surface area contributed by atoms with Crippen LogP contribution >= 0.6 is 0 Å². The molecule has 3 heterocycles. The van der Waals surface area contributed by atoms with E-state index in [0.29, 0.717) is 19.3 Å². The van der Waals surface area contributed by atoms with Gasteiger partial charge in [-0.05, 0) is 45.4 Å². The molecular formula is C18H29F3N2O3. The summed E-state index contributed by atoms with van der Waals surface area (Å²) in [5.41, 5.74) is 6.08. The average Bonchev–Trinajstić information content (AvgIpc) is 2.66. The van der Waals surface area contributed by atoms with Crippen molar-refractivity contribution in [2.45, 2.75) is 69.9 Å². The number of carbonyl (C=O) groups excluding carboxylic acids is 1. The molecule has 150 valence electrons. The molecule has 2 N–H and O–H groups in total. The molecule has 8 heteroatoms. The van der Waals surface area contributed by atoms with E-state index in [1.807, 2.05) is 0 Å². The Bertz CT molecular complexity index is 485. The van der Waals surface area contributed by atoms with Crippen LogP contribution in [0.4, 0.5) is 13.2 Å². The van der Waals surface area contributed by atoms with E-state index < -0.39 is 24.2 Å². The van der Waals surface area contributed by atoms with Gasteiger partial charge < -0.3 is 20.1 Å². The third kappa shape index (κ3) is 4.34. The van der Waals surface area contributed by atoms with Gasteiger partial charge in [0.2, 0.25) is 5.91 Å². The molecule has 0 aromatic carbocycles. The molecule has 2 bridgehead atoms. The number of likely N-dealkylation sites (tertiary alicyclic amines) is 1. The molecule has 2 atom stereocenters. The first kappa shape index (κ1) is 19.9. The highest BCUT2D eigenvalue weighted by atomic mass is 19.4. The molecule has 0 aromatic heterocycles. The van der Waals surface area contributed by atoms with E-state index in [9.17, 15) is 18.0 Å². The molecule has 1 aliphatic carbocycles. The number of nitrogens with two attached hydrogens (primary N) is 1. The predicted octanol–water partition coefficient (Wildman–Crippen LogP) is 2.48. The van der Waals surface area contributed by atoms with Crippen molar-refractivity contribution in [1.82, 2.24) is 4.90 Å². The Morgan fingerprint density at radius 1 is 1.27 bits per heavy atom. The standard InChI is InChI=1S/C18H29F3N2O3/c1-12(25-10-17-6-2-14(3-7-17)26-11-17)15(22)16(24)23-8-4-13(5-9-23)18(19,20)21/h12-15H,2-11,22H2,1H3. The van der Waals surface area contributed by atoms with Crippen LogP contribution < -0.4 is 5.73 Å². The molecule has 0 radical (unpaired) electrons. The van der Waals surface area contributed by atoms with Crippen molar-refractivity contribution in [3.63, 3.8) is 0 Å². The summed E-state index contributed by atoms with van der Waals surface area (Å²) in [4.78, 5) is 14.0. The minimum atomic E-state index is -4.19. The quantitative estimate of drug-likeness (QED) is 0.798. The second kappa shape index (κ2) is 7.64. The largest absolute Gasteiger partial charge is 0.391 e. The first-order chi connectivity index (χ1) is 12.2. The lowest BCUT2D eigenvalue weighted by Crippen LogP contribution is -2.54. The summed E-state index contributed by atoms with van der Waals surface area (Å²) in [7, 11) is 0. The number of amides is 1. The van der Waals surface area contributed by atoms with Crippen LogP contribution in [0.25, 0.3) is 0 Å². The van der Waals surface area contributed by atoms with Crippen molar-refractivity contribution >= 4 is 5.91 Å². The molecule has 26 heavy (non-hydrogen) atoms. The highest BCUT2D eigenvalue weighted by molar-refractivity contribution is 5.82. The highest BCUT2D eigenvalue weighted by Crippen LogP contribution is 2.43. The summed E-state index contributed by atoms with van der Waals surface area (Å²) in [6.07, 6.45) is -0.147. The van der Waals surface area contributed by atoms with Gasteiger partial charge in [-0.25, -0.2) is 0 Å². The molecule has 5 nitrogen and oxygen atoms in total. The Morgan fingerprint density at radius 2 is 1.88 bits per heavy atom. The minimum Gasteiger partial charge on any atom is -0.378 e. The Kier molecular flexibility index (Phi) is 5.84. The van der Waals surface area contributed by atoms with E-state index in [-0.39, 0.29) is 37.3 Å². The molecular weight excluding hydrogens is 349 g/mol. The van der Waals surface area contributed by atoms with E-state index in [0.717, 1.165) is 25.7 Å². The zero-order valence-electron chi connectivity index (χ0n) is 15.3. The number of nitrogens with zero attached hydrogens (tertiary/aromatic N) is 1. The Hall–Kier alpha value is -0.860. The zero-order chi connectivity index (χ0) is 18.9. The van der Waals surface area contributed by atoms with Gasteiger partial charge in [-0.3, -0.25) is 4.79 Å². The maximum Gasteiger partial charge on any atom is 0.391 e. The van der Waals surface area contributed by atoms with Crippen molar-refractivity contribution in [3.8, 4) is 0 Å². The number of rotatable bonds is 5. The van der Waals surface area contributed by atoms with Crippen LogP contribution in [0.2, 0.25) is 0 Å². The lowest BCUT2D eigenvalue weighted by atomic mass is 9.72. The maximum atomic E-state index is 12.7. The number of alkyl halides is 3. The van der Waals surface area contributed by atoms with Gasteiger partial charge in [0.25, 0.3) is 0 Å². The predicted molar refractivity (Wildman–Crippen MR) is 89.4 cm³/mol. The van der Waals surface area contributed by atoms with E-state index in [1.165, 1.54) is 4.90 Å². The zero-order valence-corrected chi connectivity index (χ0v) is 15.3. The number of hydrogen-bond donors (Lipinski definition) is 1. The molecule has 0 spiro atoms. The molecule has 4 rings (SSSR count). The highest BCUT2D eigenvalue weighted by Gasteiger charge is 2.44. The van der Waals surface area contributed by atoms with Crippen molar-refractivity contribution in [1.29, 1.82) is 0 Å². The number of carbonyl (C=O) groups is 1. The minimum absolute atomic E-state index is 0.0246. The number of hydrogen-bond acceptors (Lipinski definition) is 4. The molecule has 1 amide bonds. The average molecular weight is 378 g/mol. The third-order valence-corrected chi connectivity index (χ3v) is 6.33. The summed E-state index contributed by atoms with van der Waals surface area (Å²) in [6, 6.07) is -0.852. The van der Waals surface area contributed by atoms with Gasteiger partial charge >= 0.3 is 6.18 Å². The van der Waals surface area contributed by atoms with Gasteiger partial charge in [-0.15, -0.1) is 0 Å². The van der Waals surface area contributed by atoms with Crippen molar-refractivity contribution < 1.29 is 27.4 Å². The SMILES string of the molecule is CC(OCC12CCC(CC1)OC2)C(N)C(=O)N1CCC(C(F)(F)F)CC1. The molecule has 4 aliphatic rings. The fourth-order valence-electron chi connectivity index (χ4n) is 4.25. The molecule has 3 saturated heterocycles. The monoisotopic (exact) mass is 378 g/mol. The maximum absolute atomic E-state index is 12.7. The Balaban J connectivity index is 1.46. The summed E-state index contributed by atoms with van der Waals surface area (Å²) < 4.78 is 49.9. The fourth-order valence-corrected chi connectivity index (χ4v) is 4.25. The van der Waals surface area contributed by atoms with Crippen LogP contribution in [0.3, 0.4) is 0 Å². The topological polar surface area (TPSA) is 64.8 Å². The van der Waals surface area contributed by atoms with Crippen molar-refractivity contribution in [2.75, 3.05) is 26.3 Å². The van der Waals surface area contributed by atoms with Gasteiger partial charge in [0.05, 0.1) is 31.3 Å². The van der Waals surface area contributed by atoms with Gasteiger partial charge in [0, 0.05) is 18.5 Å². The second-order valence-corrected chi connectivity index (χ2v) is 8.19. The van der Waals surface area contributed by atoms with Gasteiger partial charge in [-0.2, -0.15) is 13.2 Å². The van der Waals surface area contributed by atoms with E-state index in [4.69, 9.17) is 15.2 Å². The fraction of sp³-hybridized carbons (Fsp3) is 0.944. The van der Waals surface area contributed by atoms with Crippen LogP contribution in [0.1, 0.15) is 45.4 Å². The second-order valence-electron chi connectivity index (χ2n) is 8.19. The lowest BCUT2D eigenvalue weighted by molar-refractivity contribution is -0.187. The van der Waals surface area contributed by atoms with Gasteiger partial charge in [0.1, 0.15) is 6.04 Å². The number of ether oxygens (including phenoxy) is 2. The van der Waals surface area contributed by atoms with Crippen LogP contribution in [0.5, 0.6) is 0 Å². The third-order valence-electron chi connectivity index (χ3n) is 6.33. The molecule has 1 saturated carbocycles. The summed E-state index contributed by atoms with van der Waals surface area (Å²) in [6.45, 7) is 3.17. The molecule has 2 unspecified atom stereocenters. The molecule has 0 aromatic rings. The van der Waals surface area contributed by atoms with E-state index in [1.54, 1.807) is 6.92 Å². The number of halogens is 3. The lowest BCUT2D eigenvalue weighted by Gasteiger charge is -2.46. The van der Waals surface area contributed by atoms with Gasteiger partial charge in [-0.1, -0.05) is 0 Å². The Morgan fingerprint density at radius 3 is 2.38 bits per heavy atom. The summed E-state index contributed by atoms with van der Waals surface area (Å²) in [5.74, 6) is -1.64. The van der Waals surface area contributed by atoms with E-state index in [2.05, 4.69) is 0 Å². The van der Waals surface area contributed by atoms with Crippen LogP contribution in [0.15, 0.2) is 0 Å².